The van der Waals surface area contributed by atoms with Gasteiger partial charge in [0.2, 0.25) is 0 Å². The Balaban J connectivity index is 0.987. The first-order valence-corrected chi connectivity index (χ1v) is 24.2. The Hall–Kier alpha value is -4.84. The van der Waals surface area contributed by atoms with Crippen LogP contribution in [0.3, 0.4) is 0 Å². The molecule has 2 bridgehead atoms. The number of nitrogens with one attached hydrogen (secondary N) is 2. The van der Waals surface area contributed by atoms with Crippen molar-refractivity contribution in [2.45, 2.75) is 60.4 Å². The van der Waals surface area contributed by atoms with E-state index in [9.17, 15) is 34.8 Å². The van der Waals surface area contributed by atoms with E-state index in [-0.39, 0.29) is 23.8 Å². The van der Waals surface area contributed by atoms with E-state index in [0.717, 1.165) is 62.4 Å². The monoisotopic (exact) mass is 895 g/mol. The van der Waals surface area contributed by atoms with E-state index in [1.807, 2.05) is 4.72 Å². The molecule has 5 aliphatic rings. The number of ether oxygens (including phenoxy) is 2. The highest BCUT2D eigenvalue weighted by Gasteiger charge is 2.48. The Bertz CT molecular complexity index is 2420. The number of piperazine rings is 1. The molecule has 0 unspecified atom stereocenters. The van der Waals surface area contributed by atoms with E-state index in [0.29, 0.717) is 51.0 Å². The second kappa shape index (κ2) is 18.5. The molecule has 4 heterocycles. The number of rotatable bonds is 13. The van der Waals surface area contributed by atoms with E-state index in [1.54, 1.807) is 42.5 Å². The molecule has 4 aromatic rings. The van der Waals surface area contributed by atoms with E-state index >= 15 is 0 Å². The van der Waals surface area contributed by atoms with Gasteiger partial charge in [0.05, 0.1) is 16.1 Å². The fourth-order valence-corrected chi connectivity index (χ4v) is 11.1. The summed E-state index contributed by atoms with van der Waals surface area (Å²) in [6, 6.07) is 24.5. The topological polar surface area (TPSA) is 138 Å². The lowest BCUT2D eigenvalue weighted by atomic mass is 9.84. The van der Waals surface area contributed by atoms with Crippen LogP contribution in [0, 0.1) is 17.8 Å². The van der Waals surface area contributed by atoms with E-state index < -0.39 is 46.8 Å². The minimum absolute atomic E-state index is 0.00770. The maximum absolute atomic E-state index is 13.9. The number of alkyl halides is 3. The highest BCUT2D eigenvalue weighted by atomic mass is 32.2. The third-order valence-electron chi connectivity index (χ3n) is 12.6. The van der Waals surface area contributed by atoms with Gasteiger partial charge in [0.15, 0.2) is 0 Å². The summed E-state index contributed by atoms with van der Waals surface area (Å²) in [7, 11) is -10.9. The molecule has 332 valence electrons. The predicted octanol–water partition coefficient (Wildman–Crippen LogP) is 7.68. The number of halogens is 3. The number of para-hydroxylation sites is 2. The van der Waals surface area contributed by atoms with Crippen LogP contribution in [-0.2, 0) is 31.1 Å². The van der Waals surface area contributed by atoms with Gasteiger partial charge in [-0.05, 0) is 110 Å². The smallest absolute Gasteiger partial charge is 0.456 e. The lowest BCUT2D eigenvalue weighted by Crippen LogP contribution is -2.46. The number of fused-ring (bicyclic) bond motifs is 4. The third-order valence-corrected chi connectivity index (χ3v) is 15.4. The molecule has 0 spiro atoms. The number of nitrogens with zero attached hydrogens (tertiary/aromatic N) is 3. The van der Waals surface area contributed by atoms with Crippen LogP contribution in [0.5, 0.6) is 11.5 Å². The first-order chi connectivity index (χ1) is 29.7. The average molecular weight is 896 g/mol. The summed E-state index contributed by atoms with van der Waals surface area (Å²) in [4.78, 5) is 18.9. The van der Waals surface area contributed by atoms with Gasteiger partial charge >= 0.3 is 5.51 Å². The maximum Gasteiger partial charge on any atom is 0.501 e. The fraction of sp³-hybridized carbons (Fsp3) is 0.444. The standard InChI is InChI=1S/C45H52F3N5O7S2/c46-45(47,48)61(55,56)43-27-38(15-17-40(43)49-28-32-18-24-59-25-19-32)62(57,58)50-44(54)39-16-14-36(26-42(39)60-37-7-2-1-3-8-37)52-22-20-51(21-23-52)31-35-6-4-5-9-41(35)53-29-33-10-11-34(30-53)13-12-33/h1-9,14-17,26-27,32-34,49H,10-13,18-25,28-31H2,(H,50,54). The Kier molecular flexibility index (Phi) is 13.1. The van der Waals surface area contributed by atoms with Crippen molar-refractivity contribution in [3.63, 3.8) is 0 Å². The number of hydrogen-bond acceptors (Lipinski definition) is 11. The molecule has 5 fully saturated rings. The fourth-order valence-electron chi connectivity index (χ4n) is 9.05. The van der Waals surface area contributed by atoms with Crippen LogP contribution in [0.25, 0.3) is 0 Å². The molecule has 9 rings (SSSR count). The van der Waals surface area contributed by atoms with Gasteiger partial charge in [-0.15, -0.1) is 0 Å². The number of sulfonamides is 1. The lowest BCUT2D eigenvalue weighted by molar-refractivity contribution is -0.0435. The van der Waals surface area contributed by atoms with Crippen LogP contribution >= 0.6 is 0 Å². The van der Waals surface area contributed by atoms with Crippen LogP contribution in [0.1, 0.15) is 54.4 Å². The quantitative estimate of drug-likeness (QED) is 0.137. The molecule has 62 heavy (non-hydrogen) atoms. The van der Waals surface area contributed by atoms with E-state index in [4.69, 9.17) is 9.47 Å². The van der Waals surface area contributed by atoms with Crippen LogP contribution in [0.2, 0.25) is 0 Å². The molecule has 2 N–H and O–H groups in total. The van der Waals surface area contributed by atoms with Crippen molar-refractivity contribution in [2.75, 3.05) is 74.1 Å². The van der Waals surface area contributed by atoms with E-state index in [2.05, 4.69) is 44.3 Å². The summed E-state index contributed by atoms with van der Waals surface area (Å²) in [5.74, 6) is 0.844. The normalized spacial score (nSPS) is 20.4. The van der Waals surface area contributed by atoms with Gasteiger partial charge in [-0.25, -0.2) is 21.6 Å². The van der Waals surface area contributed by atoms with Gasteiger partial charge in [0.1, 0.15) is 16.4 Å². The molecular weight excluding hydrogens is 844 g/mol. The van der Waals surface area contributed by atoms with Gasteiger partial charge in [0.25, 0.3) is 25.8 Å². The minimum atomic E-state index is -6.00. The molecule has 0 radical (unpaired) electrons. The van der Waals surface area contributed by atoms with Crippen LogP contribution in [-0.4, -0.2) is 92.2 Å². The first kappa shape index (κ1) is 43.8. The predicted molar refractivity (Wildman–Crippen MR) is 231 cm³/mol. The Morgan fingerprint density at radius 1 is 0.758 bits per heavy atom. The summed E-state index contributed by atoms with van der Waals surface area (Å²) in [5, 5.41) is 2.76. The molecule has 1 aliphatic carbocycles. The van der Waals surface area contributed by atoms with Crippen molar-refractivity contribution in [3.8, 4) is 11.5 Å². The third kappa shape index (κ3) is 10.0. The summed E-state index contributed by atoms with van der Waals surface area (Å²) < 4.78 is 108. The SMILES string of the molecule is O=C(NS(=O)(=O)c1ccc(NCC2CCOCC2)c(S(=O)(=O)C(F)(F)F)c1)c1ccc(N2CCN(Cc3ccccc3N3CC4CCC(CC4)C3)CC2)cc1Oc1ccccc1. The molecule has 17 heteroatoms. The number of sulfone groups is 1. The summed E-state index contributed by atoms with van der Waals surface area (Å²) >= 11 is 0. The molecule has 0 aromatic heterocycles. The Morgan fingerprint density at radius 3 is 2.10 bits per heavy atom. The van der Waals surface area contributed by atoms with Gasteiger partial charge < -0.3 is 24.6 Å². The zero-order valence-corrected chi connectivity index (χ0v) is 36.0. The van der Waals surface area contributed by atoms with Gasteiger partial charge in [0, 0.05) is 83.0 Å². The molecular formula is C45H52F3N5O7S2. The lowest BCUT2D eigenvalue weighted by Gasteiger charge is -2.37. The molecule has 1 amide bonds. The molecule has 1 saturated carbocycles. The number of benzene rings is 4. The minimum Gasteiger partial charge on any atom is -0.456 e. The molecule has 4 aromatic carbocycles. The molecule has 4 saturated heterocycles. The number of amides is 1. The van der Waals surface area contributed by atoms with Crippen molar-refractivity contribution in [3.05, 3.63) is 102 Å². The maximum atomic E-state index is 13.9. The van der Waals surface area contributed by atoms with Gasteiger partial charge in [-0.2, -0.15) is 13.2 Å². The Morgan fingerprint density at radius 2 is 1.42 bits per heavy atom. The summed E-state index contributed by atoms with van der Waals surface area (Å²) in [6.07, 6.45) is 6.53. The largest absolute Gasteiger partial charge is 0.501 e. The van der Waals surface area contributed by atoms with Crippen molar-refractivity contribution in [1.82, 2.24) is 9.62 Å². The van der Waals surface area contributed by atoms with Crippen LogP contribution < -0.4 is 24.6 Å². The molecule has 12 nitrogen and oxygen atoms in total. The van der Waals surface area contributed by atoms with E-state index in [1.165, 1.54) is 43.0 Å². The summed E-state index contributed by atoms with van der Waals surface area (Å²) in [5.41, 5.74) is -2.88. The van der Waals surface area contributed by atoms with Crippen LogP contribution in [0.4, 0.5) is 30.2 Å². The Labute approximate surface area is 361 Å². The van der Waals surface area contributed by atoms with Crippen LogP contribution in [0.15, 0.2) is 101 Å². The van der Waals surface area contributed by atoms with Crippen molar-refractivity contribution in [2.24, 2.45) is 17.8 Å². The van der Waals surface area contributed by atoms with Gasteiger partial charge in [-0.3, -0.25) is 9.69 Å². The zero-order valence-electron chi connectivity index (χ0n) is 34.4. The number of anilines is 3. The number of carbonyl (C=O) groups excluding carboxylic acids is 1. The number of hydrogen-bond donors (Lipinski definition) is 2. The first-order valence-electron chi connectivity index (χ1n) is 21.2. The van der Waals surface area contributed by atoms with Gasteiger partial charge in [-0.1, -0.05) is 36.4 Å². The highest BCUT2D eigenvalue weighted by molar-refractivity contribution is 7.92. The van der Waals surface area contributed by atoms with Crippen molar-refractivity contribution in [1.29, 1.82) is 0 Å². The summed E-state index contributed by atoms with van der Waals surface area (Å²) in [6.45, 7) is 7.06. The molecule has 0 atom stereocenters. The van der Waals surface area contributed by atoms with Crippen molar-refractivity contribution >= 4 is 42.8 Å². The molecule has 4 aliphatic heterocycles. The van der Waals surface area contributed by atoms with Crippen molar-refractivity contribution < 1.29 is 44.3 Å². The second-order valence-electron chi connectivity index (χ2n) is 16.8. The number of carbonyl (C=O) groups is 1. The zero-order chi connectivity index (χ0) is 43.5. The second-order valence-corrected chi connectivity index (χ2v) is 20.3. The highest BCUT2D eigenvalue weighted by Crippen LogP contribution is 2.39. The average Bonchev–Trinajstić information content (AvgIpc) is 3.60.